The molecule has 0 fully saturated rings. The van der Waals surface area contributed by atoms with Crippen LogP contribution in [0, 0.1) is 0 Å². The fraction of sp³-hybridized carbons (Fsp3) is 0.250. The molecular formula is C12H15N3O. The average Bonchev–Trinajstić information content (AvgIpc) is 2.77. The number of pyridine rings is 1. The van der Waals surface area contributed by atoms with Gasteiger partial charge in [-0.15, -0.1) is 0 Å². The molecule has 0 aromatic carbocycles. The smallest absolute Gasteiger partial charge is 0.218 e. The molecule has 0 saturated carbocycles. The first-order valence-corrected chi connectivity index (χ1v) is 5.16. The van der Waals surface area contributed by atoms with Crippen molar-refractivity contribution in [1.82, 2.24) is 9.55 Å². The minimum atomic E-state index is 0.567. The second kappa shape index (κ2) is 4.81. The predicted molar refractivity (Wildman–Crippen MR) is 62.2 cm³/mol. The fourth-order valence-corrected chi connectivity index (χ4v) is 1.63. The molecule has 0 unspecified atom stereocenters. The molecule has 2 heterocycles. The highest BCUT2D eigenvalue weighted by atomic mass is 16.5. The third-order valence-electron chi connectivity index (χ3n) is 2.44. The monoisotopic (exact) mass is 217 g/mol. The molecule has 0 spiro atoms. The van der Waals surface area contributed by atoms with Crippen LogP contribution in [0.4, 0.5) is 0 Å². The van der Waals surface area contributed by atoms with Crippen molar-refractivity contribution in [3.05, 3.63) is 47.9 Å². The summed E-state index contributed by atoms with van der Waals surface area (Å²) < 4.78 is 7.27. The van der Waals surface area contributed by atoms with Gasteiger partial charge in [-0.25, -0.2) is 4.98 Å². The Morgan fingerprint density at radius 2 is 2.31 bits per heavy atom. The first-order valence-electron chi connectivity index (χ1n) is 5.16. The first kappa shape index (κ1) is 10.7. The molecule has 0 atom stereocenters. The van der Waals surface area contributed by atoms with E-state index in [0.29, 0.717) is 12.4 Å². The van der Waals surface area contributed by atoms with Crippen LogP contribution in [0.5, 0.6) is 5.88 Å². The van der Waals surface area contributed by atoms with Crippen molar-refractivity contribution < 1.29 is 4.74 Å². The molecule has 2 aromatic heterocycles. The molecule has 4 heteroatoms. The molecule has 2 aromatic rings. The summed E-state index contributed by atoms with van der Waals surface area (Å²) in [6.07, 6.45) is 5.77. The standard InChI is InChI=1S/C12H15N3O/c1-16-12-11(3-2-5-14-12)9-15-6-4-10(7-13)8-15/h2-6,8H,7,9,13H2,1H3. The van der Waals surface area contributed by atoms with Crippen molar-refractivity contribution in [2.75, 3.05) is 7.11 Å². The topological polar surface area (TPSA) is 53.1 Å². The van der Waals surface area contributed by atoms with Crippen molar-refractivity contribution in [3.63, 3.8) is 0 Å². The summed E-state index contributed by atoms with van der Waals surface area (Å²) in [7, 11) is 1.63. The number of methoxy groups -OCH3 is 1. The van der Waals surface area contributed by atoms with Crippen LogP contribution in [0.1, 0.15) is 11.1 Å². The Morgan fingerprint density at radius 3 is 3.00 bits per heavy atom. The van der Waals surface area contributed by atoms with Crippen molar-refractivity contribution in [2.45, 2.75) is 13.1 Å². The Kier molecular flexibility index (Phi) is 3.22. The Balaban J connectivity index is 2.19. The minimum absolute atomic E-state index is 0.567. The zero-order valence-electron chi connectivity index (χ0n) is 9.26. The van der Waals surface area contributed by atoms with E-state index in [-0.39, 0.29) is 0 Å². The van der Waals surface area contributed by atoms with Gasteiger partial charge in [0.1, 0.15) is 0 Å². The van der Waals surface area contributed by atoms with Crippen LogP contribution in [0.25, 0.3) is 0 Å². The molecule has 0 aliphatic rings. The van der Waals surface area contributed by atoms with Crippen LogP contribution in [-0.2, 0) is 13.1 Å². The van der Waals surface area contributed by atoms with Gasteiger partial charge in [0, 0.05) is 30.7 Å². The van der Waals surface area contributed by atoms with Gasteiger partial charge < -0.3 is 15.0 Å². The maximum Gasteiger partial charge on any atom is 0.218 e. The van der Waals surface area contributed by atoms with Gasteiger partial charge in [-0.1, -0.05) is 6.07 Å². The van der Waals surface area contributed by atoms with Crippen molar-refractivity contribution in [1.29, 1.82) is 0 Å². The van der Waals surface area contributed by atoms with Crippen molar-refractivity contribution >= 4 is 0 Å². The van der Waals surface area contributed by atoms with E-state index in [9.17, 15) is 0 Å². The van der Waals surface area contributed by atoms with Crippen molar-refractivity contribution in [3.8, 4) is 5.88 Å². The van der Waals surface area contributed by atoms with Crippen LogP contribution in [0.2, 0.25) is 0 Å². The van der Waals surface area contributed by atoms with E-state index in [1.165, 1.54) is 0 Å². The molecule has 4 nitrogen and oxygen atoms in total. The number of hydrogen-bond donors (Lipinski definition) is 1. The summed E-state index contributed by atoms with van der Waals surface area (Å²) >= 11 is 0. The molecule has 2 N–H and O–H groups in total. The Morgan fingerprint density at radius 1 is 1.44 bits per heavy atom. The largest absolute Gasteiger partial charge is 0.481 e. The van der Waals surface area contributed by atoms with Crippen LogP contribution >= 0.6 is 0 Å². The Hall–Kier alpha value is -1.81. The molecular weight excluding hydrogens is 202 g/mol. The van der Waals surface area contributed by atoms with E-state index < -0.39 is 0 Å². The molecule has 0 radical (unpaired) electrons. The first-order chi connectivity index (χ1) is 7.83. The molecule has 84 valence electrons. The highest BCUT2D eigenvalue weighted by Gasteiger charge is 2.03. The number of rotatable bonds is 4. The van der Waals surface area contributed by atoms with E-state index in [1.54, 1.807) is 13.3 Å². The van der Waals surface area contributed by atoms with E-state index in [0.717, 1.165) is 17.7 Å². The number of hydrogen-bond acceptors (Lipinski definition) is 3. The van der Waals surface area contributed by atoms with Crippen LogP contribution in [-0.4, -0.2) is 16.7 Å². The molecule has 16 heavy (non-hydrogen) atoms. The second-order valence-corrected chi connectivity index (χ2v) is 3.57. The lowest BCUT2D eigenvalue weighted by atomic mass is 10.2. The highest BCUT2D eigenvalue weighted by Crippen LogP contribution is 2.15. The third-order valence-corrected chi connectivity index (χ3v) is 2.44. The second-order valence-electron chi connectivity index (χ2n) is 3.57. The summed E-state index contributed by atoms with van der Waals surface area (Å²) in [4.78, 5) is 4.16. The van der Waals surface area contributed by atoms with Gasteiger partial charge in [0.05, 0.1) is 13.7 Å². The number of nitrogens with zero attached hydrogens (tertiary/aromatic N) is 2. The van der Waals surface area contributed by atoms with Gasteiger partial charge in [-0.2, -0.15) is 0 Å². The van der Waals surface area contributed by atoms with Crippen LogP contribution in [0.15, 0.2) is 36.8 Å². The predicted octanol–water partition coefficient (Wildman–Crippen LogP) is 1.40. The van der Waals surface area contributed by atoms with E-state index in [2.05, 4.69) is 9.55 Å². The quantitative estimate of drug-likeness (QED) is 0.842. The summed E-state index contributed by atoms with van der Waals surface area (Å²) in [6, 6.07) is 5.93. The van der Waals surface area contributed by atoms with E-state index in [4.69, 9.17) is 10.5 Å². The molecule has 0 bridgehead atoms. The zero-order chi connectivity index (χ0) is 11.4. The van der Waals surface area contributed by atoms with Gasteiger partial charge in [0.2, 0.25) is 5.88 Å². The summed E-state index contributed by atoms with van der Waals surface area (Å²) in [6.45, 7) is 1.31. The van der Waals surface area contributed by atoms with Gasteiger partial charge in [-0.05, 0) is 17.7 Å². The lowest BCUT2D eigenvalue weighted by Crippen LogP contribution is -2.01. The minimum Gasteiger partial charge on any atom is -0.481 e. The van der Waals surface area contributed by atoms with Gasteiger partial charge in [0.15, 0.2) is 0 Å². The zero-order valence-corrected chi connectivity index (χ0v) is 9.26. The van der Waals surface area contributed by atoms with Gasteiger partial charge >= 0.3 is 0 Å². The van der Waals surface area contributed by atoms with Crippen molar-refractivity contribution in [2.24, 2.45) is 5.73 Å². The number of nitrogens with two attached hydrogens (primary N) is 1. The lowest BCUT2D eigenvalue weighted by Gasteiger charge is -2.07. The lowest BCUT2D eigenvalue weighted by molar-refractivity contribution is 0.391. The Labute approximate surface area is 94.7 Å². The molecule has 0 aliphatic heterocycles. The maximum atomic E-state index is 5.56. The normalized spacial score (nSPS) is 10.4. The number of aromatic nitrogens is 2. The molecule has 0 saturated heterocycles. The third kappa shape index (κ3) is 2.23. The Bertz CT molecular complexity index is 465. The van der Waals surface area contributed by atoms with E-state index >= 15 is 0 Å². The fourth-order valence-electron chi connectivity index (χ4n) is 1.63. The number of ether oxygens (including phenoxy) is 1. The summed E-state index contributed by atoms with van der Waals surface area (Å²) in [5.74, 6) is 0.672. The SMILES string of the molecule is COc1ncccc1Cn1ccc(CN)c1. The summed E-state index contributed by atoms with van der Waals surface area (Å²) in [5.41, 5.74) is 7.75. The average molecular weight is 217 g/mol. The van der Waals surface area contributed by atoms with Crippen LogP contribution in [0.3, 0.4) is 0 Å². The van der Waals surface area contributed by atoms with Gasteiger partial charge in [-0.3, -0.25) is 0 Å². The molecule has 0 aliphatic carbocycles. The maximum absolute atomic E-state index is 5.56. The highest BCUT2D eigenvalue weighted by molar-refractivity contribution is 5.26. The van der Waals surface area contributed by atoms with Gasteiger partial charge in [0.25, 0.3) is 0 Å². The summed E-state index contributed by atoms with van der Waals surface area (Å²) in [5, 5.41) is 0. The molecule has 0 amide bonds. The van der Waals surface area contributed by atoms with Crippen LogP contribution < -0.4 is 10.5 Å². The molecule has 2 rings (SSSR count). The van der Waals surface area contributed by atoms with E-state index in [1.807, 2.05) is 30.6 Å².